The summed E-state index contributed by atoms with van der Waals surface area (Å²) in [6.07, 6.45) is 0.740. The van der Waals surface area contributed by atoms with Gasteiger partial charge in [0.2, 0.25) is 5.75 Å². The second kappa shape index (κ2) is 8.39. The van der Waals surface area contributed by atoms with Gasteiger partial charge in [0, 0.05) is 11.4 Å². The molecule has 5 heteroatoms. The highest BCUT2D eigenvalue weighted by Gasteiger charge is 2.10. The molecule has 0 heterocycles. The largest absolute Gasteiger partial charge is 0.493 e. The molecule has 0 saturated carbocycles. The summed E-state index contributed by atoms with van der Waals surface area (Å²) in [6, 6.07) is 12.8. The zero-order valence-electron chi connectivity index (χ0n) is 12.7. The molecule has 22 heavy (non-hydrogen) atoms. The molecule has 0 unspecified atom stereocenters. The van der Waals surface area contributed by atoms with Crippen molar-refractivity contribution in [3.63, 3.8) is 0 Å². The van der Waals surface area contributed by atoms with Crippen LogP contribution in [0.2, 0.25) is 5.02 Å². The van der Waals surface area contributed by atoms with Crippen LogP contribution in [0.15, 0.2) is 42.5 Å². The van der Waals surface area contributed by atoms with Crippen LogP contribution in [0, 0.1) is 0 Å². The van der Waals surface area contributed by atoms with Gasteiger partial charge in [-0.1, -0.05) is 17.7 Å². The molecule has 0 aliphatic carbocycles. The molecule has 2 aromatic rings. The molecule has 0 spiro atoms. The van der Waals surface area contributed by atoms with Gasteiger partial charge in [0.25, 0.3) is 0 Å². The first-order valence-corrected chi connectivity index (χ1v) is 7.34. The van der Waals surface area contributed by atoms with Gasteiger partial charge in [0.15, 0.2) is 11.5 Å². The average molecular weight is 323 g/mol. The zero-order valence-corrected chi connectivity index (χ0v) is 13.4. The molecular formula is C17H19ClO4. The molecule has 0 aliphatic heterocycles. The molecule has 118 valence electrons. The highest BCUT2D eigenvalue weighted by molar-refractivity contribution is 6.30. The van der Waals surface area contributed by atoms with Crippen molar-refractivity contribution in [1.29, 1.82) is 0 Å². The minimum Gasteiger partial charge on any atom is -0.493 e. The van der Waals surface area contributed by atoms with Crippen LogP contribution in [0.5, 0.6) is 23.0 Å². The zero-order chi connectivity index (χ0) is 15.8. The quantitative estimate of drug-likeness (QED) is 0.682. The lowest BCUT2D eigenvalue weighted by molar-refractivity contribution is 0.232. The predicted molar refractivity (Wildman–Crippen MR) is 86.6 cm³/mol. The van der Waals surface area contributed by atoms with E-state index in [1.165, 1.54) is 0 Å². The Labute approximate surface area is 135 Å². The maximum absolute atomic E-state index is 5.82. The van der Waals surface area contributed by atoms with Gasteiger partial charge in [-0.3, -0.25) is 0 Å². The Kier molecular flexibility index (Phi) is 6.22. The van der Waals surface area contributed by atoms with Crippen molar-refractivity contribution >= 4 is 11.6 Å². The Bertz CT molecular complexity index is 561. The molecule has 0 radical (unpaired) electrons. The Balaban J connectivity index is 1.80. The number of hydrogen-bond acceptors (Lipinski definition) is 4. The van der Waals surface area contributed by atoms with Gasteiger partial charge < -0.3 is 18.9 Å². The van der Waals surface area contributed by atoms with Crippen molar-refractivity contribution in [3.8, 4) is 23.0 Å². The van der Waals surface area contributed by atoms with Crippen LogP contribution < -0.4 is 18.9 Å². The molecule has 0 bridgehead atoms. The van der Waals surface area contributed by atoms with Crippen LogP contribution in [0.3, 0.4) is 0 Å². The molecule has 2 aromatic carbocycles. The minimum absolute atomic E-state index is 0.504. The first-order valence-electron chi connectivity index (χ1n) is 6.96. The molecule has 0 N–H and O–H groups in total. The smallest absolute Gasteiger partial charge is 0.203 e. The van der Waals surface area contributed by atoms with E-state index in [0.717, 1.165) is 12.2 Å². The molecule has 0 aromatic heterocycles. The third kappa shape index (κ3) is 4.46. The summed E-state index contributed by atoms with van der Waals surface area (Å²) in [4.78, 5) is 0. The van der Waals surface area contributed by atoms with E-state index in [4.69, 9.17) is 30.5 Å². The van der Waals surface area contributed by atoms with E-state index < -0.39 is 0 Å². The van der Waals surface area contributed by atoms with Gasteiger partial charge >= 0.3 is 0 Å². The van der Waals surface area contributed by atoms with Crippen LogP contribution in [0.4, 0.5) is 0 Å². The summed E-state index contributed by atoms with van der Waals surface area (Å²) >= 11 is 5.82. The summed E-state index contributed by atoms with van der Waals surface area (Å²) in [5, 5.41) is 0.693. The summed E-state index contributed by atoms with van der Waals surface area (Å²) < 4.78 is 21.9. The maximum Gasteiger partial charge on any atom is 0.203 e. The van der Waals surface area contributed by atoms with Crippen molar-refractivity contribution in [2.45, 2.75) is 6.42 Å². The van der Waals surface area contributed by atoms with Gasteiger partial charge in [0.1, 0.15) is 5.75 Å². The van der Waals surface area contributed by atoms with E-state index in [1.807, 2.05) is 30.3 Å². The summed E-state index contributed by atoms with van der Waals surface area (Å²) in [5.41, 5.74) is 0. The topological polar surface area (TPSA) is 36.9 Å². The third-order valence-corrected chi connectivity index (χ3v) is 3.25. The van der Waals surface area contributed by atoms with Gasteiger partial charge in [-0.15, -0.1) is 0 Å². The molecule has 0 saturated heterocycles. The number of halogens is 1. The van der Waals surface area contributed by atoms with Gasteiger partial charge in [-0.05, 0) is 36.4 Å². The monoisotopic (exact) mass is 322 g/mol. The van der Waals surface area contributed by atoms with Crippen molar-refractivity contribution in [2.24, 2.45) is 0 Å². The number of para-hydroxylation sites is 1. The second-order valence-electron chi connectivity index (χ2n) is 4.50. The fraction of sp³-hybridized carbons (Fsp3) is 0.294. The lowest BCUT2D eigenvalue weighted by Gasteiger charge is -2.14. The van der Waals surface area contributed by atoms with Crippen molar-refractivity contribution in [2.75, 3.05) is 27.4 Å². The van der Waals surface area contributed by atoms with E-state index in [-0.39, 0.29) is 0 Å². The molecular weight excluding hydrogens is 304 g/mol. The van der Waals surface area contributed by atoms with Gasteiger partial charge in [-0.2, -0.15) is 0 Å². The van der Waals surface area contributed by atoms with E-state index in [1.54, 1.807) is 26.4 Å². The molecule has 0 atom stereocenters. The second-order valence-corrected chi connectivity index (χ2v) is 4.93. The van der Waals surface area contributed by atoms with Crippen LogP contribution in [-0.2, 0) is 0 Å². The number of methoxy groups -OCH3 is 2. The number of benzene rings is 2. The Morgan fingerprint density at radius 2 is 1.41 bits per heavy atom. The van der Waals surface area contributed by atoms with Crippen LogP contribution in [0.1, 0.15) is 6.42 Å². The highest BCUT2D eigenvalue weighted by Crippen LogP contribution is 2.36. The Morgan fingerprint density at radius 1 is 0.818 bits per heavy atom. The highest BCUT2D eigenvalue weighted by atomic mass is 35.5. The average Bonchev–Trinajstić information content (AvgIpc) is 2.56. The minimum atomic E-state index is 0.504. The third-order valence-electron chi connectivity index (χ3n) is 3.00. The van der Waals surface area contributed by atoms with Crippen LogP contribution in [-0.4, -0.2) is 27.4 Å². The first-order chi connectivity index (χ1) is 10.7. The maximum atomic E-state index is 5.82. The van der Waals surface area contributed by atoms with Crippen molar-refractivity contribution < 1.29 is 18.9 Å². The fourth-order valence-electron chi connectivity index (χ4n) is 1.91. The summed E-state index contributed by atoms with van der Waals surface area (Å²) in [7, 11) is 3.20. The normalized spacial score (nSPS) is 10.1. The SMILES string of the molecule is COc1cccc(OC)c1OCCCOc1ccc(Cl)cc1. The Morgan fingerprint density at radius 3 is 2.00 bits per heavy atom. The standard InChI is InChI=1S/C17H19ClO4/c1-19-15-5-3-6-16(20-2)17(15)22-12-4-11-21-14-9-7-13(18)8-10-14/h3,5-10H,4,11-12H2,1-2H3. The van der Waals surface area contributed by atoms with Gasteiger partial charge in [0.05, 0.1) is 27.4 Å². The lowest BCUT2D eigenvalue weighted by Crippen LogP contribution is -2.06. The van der Waals surface area contributed by atoms with Crippen molar-refractivity contribution in [1.82, 2.24) is 0 Å². The molecule has 0 amide bonds. The number of hydrogen-bond donors (Lipinski definition) is 0. The lowest BCUT2D eigenvalue weighted by atomic mass is 10.3. The Hall–Kier alpha value is -2.07. The summed E-state index contributed by atoms with van der Waals surface area (Å²) in [6.45, 7) is 1.06. The van der Waals surface area contributed by atoms with Crippen molar-refractivity contribution in [3.05, 3.63) is 47.5 Å². The van der Waals surface area contributed by atoms with E-state index in [9.17, 15) is 0 Å². The predicted octanol–water partition coefficient (Wildman–Crippen LogP) is 4.21. The number of rotatable bonds is 8. The first kappa shape index (κ1) is 16.3. The van der Waals surface area contributed by atoms with Crippen LogP contribution in [0.25, 0.3) is 0 Å². The van der Waals surface area contributed by atoms with E-state index >= 15 is 0 Å². The fourth-order valence-corrected chi connectivity index (χ4v) is 2.04. The number of ether oxygens (including phenoxy) is 4. The molecule has 0 aliphatic rings. The van der Waals surface area contributed by atoms with E-state index in [0.29, 0.717) is 35.5 Å². The van der Waals surface area contributed by atoms with Crippen LogP contribution >= 0.6 is 11.6 Å². The summed E-state index contributed by atoms with van der Waals surface area (Å²) in [5.74, 6) is 2.70. The van der Waals surface area contributed by atoms with Gasteiger partial charge in [-0.25, -0.2) is 0 Å². The molecule has 2 rings (SSSR count). The van der Waals surface area contributed by atoms with E-state index in [2.05, 4.69) is 0 Å². The molecule has 0 fully saturated rings. The molecule has 4 nitrogen and oxygen atoms in total.